The van der Waals surface area contributed by atoms with Crippen LogP contribution in [0, 0.1) is 0 Å². The molecule has 0 radical (unpaired) electrons. The molecular formula is C18H18B2O6. The number of aliphatic hydroxyl groups is 1. The van der Waals surface area contributed by atoms with E-state index in [4.69, 9.17) is 23.4 Å². The van der Waals surface area contributed by atoms with Crippen LogP contribution in [0.2, 0.25) is 0 Å². The molecule has 0 aromatic heterocycles. The van der Waals surface area contributed by atoms with E-state index in [9.17, 15) is 5.11 Å². The fourth-order valence-corrected chi connectivity index (χ4v) is 3.78. The third-order valence-electron chi connectivity index (χ3n) is 5.11. The number of hydrogen-bond acceptors (Lipinski definition) is 6. The average Bonchev–Trinajstić information content (AvgIpc) is 3.31. The SMILES string of the molecule is OCC12OCC3OB(c4ccccc4)OC3C1OB(c1ccccc1)O2. The second-order valence-electron chi connectivity index (χ2n) is 6.72. The molecule has 3 aliphatic rings. The first-order valence-electron chi connectivity index (χ1n) is 8.78. The third kappa shape index (κ3) is 2.61. The fourth-order valence-electron chi connectivity index (χ4n) is 3.78. The van der Waals surface area contributed by atoms with Crippen LogP contribution < -0.4 is 10.9 Å². The lowest BCUT2D eigenvalue weighted by Gasteiger charge is -2.41. The van der Waals surface area contributed by atoms with Crippen molar-refractivity contribution in [1.82, 2.24) is 0 Å². The first-order valence-corrected chi connectivity index (χ1v) is 8.78. The van der Waals surface area contributed by atoms with E-state index in [-0.39, 0.29) is 25.4 Å². The first-order chi connectivity index (χ1) is 12.8. The van der Waals surface area contributed by atoms with Crippen molar-refractivity contribution in [2.24, 2.45) is 0 Å². The highest BCUT2D eigenvalue weighted by molar-refractivity contribution is 6.62. The third-order valence-corrected chi connectivity index (χ3v) is 5.11. The monoisotopic (exact) mass is 352 g/mol. The fraction of sp³-hybridized carbons (Fsp3) is 0.333. The molecule has 8 heteroatoms. The minimum Gasteiger partial charge on any atom is -0.399 e. The molecule has 2 aromatic rings. The minimum absolute atomic E-state index is 0.274. The normalized spacial score (nSPS) is 33.2. The number of fused-ring (bicyclic) bond motifs is 3. The Balaban J connectivity index is 1.41. The summed E-state index contributed by atoms with van der Waals surface area (Å²) >= 11 is 0. The van der Waals surface area contributed by atoms with Crippen LogP contribution in [0.1, 0.15) is 0 Å². The van der Waals surface area contributed by atoms with Crippen LogP contribution >= 0.6 is 0 Å². The van der Waals surface area contributed by atoms with Crippen LogP contribution in [0.3, 0.4) is 0 Å². The second-order valence-corrected chi connectivity index (χ2v) is 6.72. The van der Waals surface area contributed by atoms with E-state index < -0.39 is 26.1 Å². The zero-order valence-corrected chi connectivity index (χ0v) is 14.1. The summed E-state index contributed by atoms with van der Waals surface area (Å²) in [5.41, 5.74) is 1.81. The van der Waals surface area contributed by atoms with Crippen molar-refractivity contribution in [1.29, 1.82) is 0 Å². The standard InChI is InChI=1S/C18H18B2O6/c21-12-18-17(25-20(26-18)14-9-5-2-6-10-14)16-15(11-22-18)23-19(24-16)13-7-3-1-4-8-13/h1-10,15-17,21H,11-12H2. The molecule has 1 N–H and O–H groups in total. The molecule has 0 saturated carbocycles. The van der Waals surface area contributed by atoms with Crippen molar-refractivity contribution < 1.29 is 28.5 Å². The maximum absolute atomic E-state index is 9.99. The van der Waals surface area contributed by atoms with Gasteiger partial charge in [-0.15, -0.1) is 0 Å². The van der Waals surface area contributed by atoms with Crippen molar-refractivity contribution in [3.05, 3.63) is 60.7 Å². The number of hydrogen-bond donors (Lipinski definition) is 1. The van der Waals surface area contributed by atoms with Gasteiger partial charge in [-0.2, -0.15) is 0 Å². The summed E-state index contributed by atoms with van der Waals surface area (Å²) in [5, 5.41) is 9.99. The molecule has 4 unspecified atom stereocenters. The largest absolute Gasteiger partial charge is 0.496 e. The summed E-state index contributed by atoms with van der Waals surface area (Å²) in [6.45, 7) is -0.0421. The maximum Gasteiger partial charge on any atom is 0.496 e. The van der Waals surface area contributed by atoms with Crippen LogP contribution in [0.15, 0.2) is 60.7 Å². The van der Waals surface area contributed by atoms with E-state index in [2.05, 4.69) is 0 Å². The number of rotatable bonds is 3. The van der Waals surface area contributed by atoms with Gasteiger partial charge in [0.2, 0.25) is 5.79 Å². The predicted octanol–water partition coefficient (Wildman–Crippen LogP) is -0.305. The van der Waals surface area contributed by atoms with Crippen LogP contribution in [0.25, 0.3) is 0 Å². The number of ether oxygens (including phenoxy) is 1. The van der Waals surface area contributed by atoms with Gasteiger partial charge in [-0.3, -0.25) is 0 Å². The van der Waals surface area contributed by atoms with Gasteiger partial charge in [-0.05, 0) is 10.9 Å². The van der Waals surface area contributed by atoms with Crippen molar-refractivity contribution in [2.45, 2.75) is 24.1 Å². The van der Waals surface area contributed by atoms with Crippen molar-refractivity contribution in [2.75, 3.05) is 13.2 Å². The Kier molecular flexibility index (Phi) is 4.12. The Labute approximate surface area is 152 Å². The lowest BCUT2D eigenvalue weighted by Crippen LogP contribution is -2.60. The van der Waals surface area contributed by atoms with E-state index in [0.717, 1.165) is 10.9 Å². The van der Waals surface area contributed by atoms with E-state index in [1.165, 1.54) is 0 Å². The van der Waals surface area contributed by atoms with Gasteiger partial charge in [-0.1, -0.05) is 60.7 Å². The Morgan fingerprint density at radius 1 is 0.885 bits per heavy atom. The second kappa shape index (κ2) is 6.49. The maximum atomic E-state index is 9.99. The van der Waals surface area contributed by atoms with E-state index in [1.54, 1.807) is 0 Å². The van der Waals surface area contributed by atoms with Gasteiger partial charge in [0.1, 0.15) is 6.10 Å². The molecule has 0 bridgehead atoms. The van der Waals surface area contributed by atoms with Gasteiger partial charge in [0.15, 0.2) is 0 Å². The number of benzene rings is 2. The van der Waals surface area contributed by atoms with Crippen molar-refractivity contribution in [3.63, 3.8) is 0 Å². The van der Waals surface area contributed by atoms with Crippen LogP contribution in [0.5, 0.6) is 0 Å². The highest BCUT2D eigenvalue weighted by Crippen LogP contribution is 2.40. The van der Waals surface area contributed by atoms with Crippen molar-refractivity contribution in [3.8, 4) is 0 Å². The van der Waals surface area contributed by atoms with E-state index in [0.29, 0.717) is 0 Å². The molecule has 3 fully saturated rings. The molecule has 6 nitrogen and oxygen atoms in total. The Hall–Kier alpha value is -1.67. The average molecular weight is 352 g/mol. The quantitative estimate of drug-likeness (QED) is 0.766. The smallest absolute Gasteiger partial charge is 0.399 e. The molecule has 132 valence electrons. The lowest BCUT2D eigenvalue weighted by atomic mass is 9.79. The van der Waals surface area contributed by atoms with Crippen LogP contribution in [0.4, 0.5) is 0 Å². The molecule has 5 rings (SSSR count). The highest BCUT2D eigenvalue weighted by atomic mass is 16.8. The zero-order chi connectivity index (χ0) is 17.6. The molecule has 26 heavy (non-hydrogen) atoms. The summed E-state index contributed by atoms with van der Waals surface area (Å²) in [7, 11) is -1.10. The van der Waals surface area contributed by atoms with Gasteiger partial charge in [0, 0.05) is 0 Å². The molecule has 2 aromatic carbocycles. The molecule has 3 saturated heterocycles. The van der Waals surface area contributed by atoms with Crippen LogP contribution in [-0.4, -0.2) is 56.7 Å². The first kappa shape index (κ1) is 16.5. The molecular weight excluding hydrogens is 334 g/mol. The van der Waals surface area contributed by atoms with Crippen molar-refractivity contribution >= 4 is 25.2 Å². The molecule has 3 heterocycles. The predicted molar refractivity (Wildman–Crippen MR) is 95.1 cm³/mol. The van der Waals surface area contributed by atoms with Gasteiger partial charge in [-0.25, -0.2) is 0 Å². The van der Waals surface area contributed by atoms with Gasteiger partial charge in [0.25, 0.3) is 0 Å². The zero-order valence-electron chi connectivity index (χ0n) is 14.1. The molecule has 0 spiro atoms. The lowest BCUT2D eigenvalue weighted by molar-refractivity contribution is -0.270. The summed E-state index contributed by atoms with van der Waals surface area (Å²) < 4.78 is 30.2. The van der Waals surface area contributed by atoms with E-state index >= 15 is 0 Å². The molecule has 4 atom stereocenters. The van der Waals surface area contributed by atoms with Gasteiger partial charge in [0.05, 0.1) is 25.4 Å². The topological polar surface area (TPSA) is 66.4 Å². The van der Waals surface area contributed by atoms with Gasteiger partial charge < -0.3 is 28.5 Å². The Morgan fingerprint density at radius 2 is 1.54 bits per heavy atom. The number of aliphatic hydroxyl groups excluding tert-OH is 1. The molecule has 0 amide bonds. The molecule has 0 aliphatic carbocycles. The summed E-state index contributed by atoms with van der Waals surface area (Å²) in [6.07, 6.45) is -1.23. The summed E-state index contributed by atoms with van der Waals surface area (Å²) in [4.78, 5) is 0. The van der Waals surface area contributed by atoms with Gasteiger partial charge >= 0.3 is 14.2 Å². The summed E-state index contributed by atoms with van der Waals surface area (Å²) in [6, 6.07) is 19.4. The Morgan fingerprint density at radius 3 is 2.19 bits per heavy atom. The summed E-state index contributed by atoms with van der Waals surface area (Å²) in [5.74, 6) is -1.24. The highest BCUT2D eigenvalue weighted by Gasteiger charge is 2.63. The molecule has 3 aliphatic heterocycles. The van der Waals surface area contributed by atoms with E-state index in [1.807, 2.05) is 60.7 Å². The van der Waals surface area contributed by atoms with Crippen LogP contribution in [-0.2, 0) is 23.4 Å². The minimum atomic E-state index is -1.24. The Bertz CT molecular complexity index is 763.